The molecule has 0 saturated carbocycles. The van der Waals surface area contributed by atoms with Gasteiger partial charge in [-0.3, -0.25) is 4.90 Å². The molecule has 0 spiro atoms. The van der Waals surface area contributed by atoms with Gasteiger partial charge in [-0.25, -0.2) is 9.59 Å². The van der Waals surface area contributed by atoms with Crippen LogP contribution < -0.4 is 59.1 Å². The molecule has 0 aromatic carbocycles. The summed E-state index contributed by atoms with van der Waals surface area (Å²) in [6.45, 7) is 2.58. The molecular formula is C11H19NNa2O5. The van der Waals surface area contributed by atoms with Crippen molar-refractivity contribution in [2.24, 2.45) is 0 Å². The molecule has 1 saturated heterocycles. The zero-order chi connectivity index (χ0) is 13.0. The molecule has 0 atom stereocenters. The van der Waals surface area contributed by atoms with Crippen LogP contribution in [0.4, 0.5) is 0 Å². The SMILES string of the molecule is C/C(C(=O)O)=C(\CN1CCC(O)CC1)C(=O)O.[H-].[H-].[Na+].[Na+]. The molecule has 0 amide bonds. The summed E-state index contributed by atoms with van der Waals surface area (Å²) in [5, 5.41) is 27.1. The van der Waals surface area contributed by atoms with Crippen molar-refractivity contribution in [3.63, 3.8) is 0 Å². The fourth-order valence-corrected chi connectivity index (χ4v) is 1.78. The Hall–Kier alpha value is 0.600. The Labute approximate surface area is 159 Å². The van der Waals surface area contributed by atoms with Crippen LogP contribution in [0.5, 0.6) is 0 Å². The minimum absolute atomic E-state index is 0. The molecule has 6 nitrogen and oxygen atoms in total. The molecule has 0 unspecified atom stereocenters. The van der Waals surface area contributed by atoms with Gasteiger partial charge >= 0.3 is 71.1 Å². The molecule has 0 aliphatic carbocycles. The summed E-state index contributed by atoms with van der Waals surface area (Å²) in [5.74, 6) is -2.41. The third kappa shape index (κ3) is 7.24. The maximum Gasteiger partial charge on any atom is 1.00 e. The van der Waals surface area contributed by atoms with E-state index >= 15 is 0 Å². The van der Waals surface area contributed by atoms with Gasteiger partial charge in [-0.15, -0.1) is 0 Å². The summed E-state index contributed by atoms with van der Waals surface area (Å²) < 4.78 is 0. The maximum absolute atomic E-state index is 11.0. The minimum atomic E-state index is -1.21. The summed E-state index contributed by atoms with van der Waals surface area (Å²) in [6, 6.07) is 0. The Balaban J connectivity index is -0.000000361. The van der Waals surface area contributed by atoms with Gasteiger partial charge in [-0.1, -0.05) is 0 Å². The molecule has 0 bridgehead atoms. The van der Waals surface area contributed by atoms with Crippen molar-refractivity contribution in [2.75, 3.05) is 19.6 Å². The van der Waals surface area contributed by atoms with Crippen LogP contribution in [0.1, 0.15) is 22.6 Å². The van der Waals surface area contributed by atoms with E-state index in [1.807, 2.05) is 4.90 Å². The third-order valence-electron chi connectivity index (χ3n) is 2.97. The van der Waals surface area contributed by atoms with Crippen molar-refractivity contribution in [3.8, 4) is 0 Å². The zero-order valence-corrected chi connectivity index (χ0v) is 15.7. The number of carboxylic acids is 2. The van der Waals surface area contributed by atoms with Gasteiger partial charge in [-0.05, 0) is 19.8 Å². The smallest absolute Gasteiger partial charge is 1.00 e. The standard InChI is InChI=1S/C11H17NO5.2Na.2H/c1-7(10(14)15)9(11(16)17)6-12-4-2-8(13)3-5-12;;;;/h8,13H,2-6H2,1H3,(H,14,15)(H,16,17);;;;/q;2*+1;2*-1/b9-7-;;;;. The van der Waals surface area contributed by atoms with Crippen LogP contribution in [-0.4, -0.2) is 57.9 Å². The molecular weight excluding hydrogens is 272 g/mol. The van der Waals surface area contributed by atoms with E-state index in [2.05, 4.69) is 0 Å². The molecule has 0 aromatic heterocycles. The molecule has 100 valence electrons. The van der Waals surface area contributed by atoms with Gasteiger partial charge in [0, 0.05) is 25.2 Å². The van der Waals surface area contributed by atoms with Gasteiger partial charge in [0.2, 0.25) is 0 Å². The Morgan fingerprint density at radius 1 is 1.16 bits per heavy atom. The van der Waals surface area contributed by atoms with Crippen LogP contribution in [-0.2, 0) is 9.59 Å². The summed E-state index contributed by atoms with van der Waals surface area (Å²) >= 11 is 0. The number of likely N-dealkylation sites (tertiary alicyclic amines) is 1. The number of hydrogen-bond donors (Lipinski definition) is 3. The molecule has 1 rings (SSSR count). The Kier molecular flexibility index (Phi) is 11.9. The second-order valence-electron chi connectivity index (χ2n) is 4.22. The van der Waals surface area contributed by atoms with Gasteiger partial charge in [0.1, 0.15) is 0 Å². The second kappa shape index (κ2) is 10.3. The maximum atomic E-state index is 11.0. The Bertz CT molecular complexity index is 361. The number of carbonyl (C=O) groups is 2. The second-order valence-corrected chi connectivity index (χ2v) is 4.22. The van der Waals surface area contributed by atoms with Crippen LogP contribution in [0.2, 0.25) is 0 Å². The molecule has 1 aliphatic rings. The van der Waals surface area contributed by atoms with Crippen molar-refractivity contribution in [2.45, 2.75) is 25.9 Å². The number of hydrogen-bond acceptors (Lipinski definition) is 4. The van der Waals surface area contributed by atoms with E-state index in [1.54, 1.807) is 0 Å². The Morgan fingerprint density at radius 2 is 1.63 bits per heavy atom. The first-order valence-electron chi connectivity index (χ1n) is 5.48. The van der Waals surface area contributed by atoms with E-state index < -0.39 is 11.9 Å². The van der Waals surface area contributed by atoms with Gasteiger partial charge in [-0.2, -0.15) is 0 Å². The molecule has 8 heteroatoms. The van der Waals surface area contributed by atoms with Crippen molar-refractivity contribution in [1.82, 2.24) is 4.90 Å². The predicted molar refractivity (Wildman–Crippen MR) is 61.9 cm³/mol. The van der Waals surface area contributed by atoms with E-state index in [0.717, 1.165) is 0 Å². The fourth-order valence-electron chi connectivity index (χ4n) is 1.78. The van der Waals surface area contributed by atoms with E-state index in [0.29, 0.717) is 25.9 Å². The van der Waals surface area contributed by atoms with Crippen LogP contribution >= 0.6 is 0 Å². The van der Waals surface area contributed by atoms with Gasteiger partial charge in [0.25, 0.3) is 0 Å². The number of nitrogens with zero attached hydrogens (tertiary/aromatic N) is 1. The van der Waals surface area contributed by atoms with Crippen LogP contribution in [0, 0.1) is 0 Å². The van der Waals surface area contributed by atoms with Crippen molar-refractivity contribution < 1.29 is 86.9 Å². The van der Waals surface area contributed by atoms with Gasteiger partial charge < -0.3 is 18.2 Å². The number of aliphatic carboxylic acids is 2. The van der Waals surface area contributed by atoms with E-state index in [4.69, 9.17) is 10.2 Å². The quantitative estimate of drug-likeness (QED) is 0.353. The average molecular weight is 291 g/mol. The van der Waals surface area contributed by atoms with E-state index in [9.17, 15) is 14.7 Å². The number of aliphatic hydroxyl groups is 1. The topological polar surface area (TPSA) is 98.1 Å². The predicted octanol–water partition coefficient (Wildman–Crippen LogP) is -5.84. The molecule has 1 heterocycles. The van der Waals surface area contributed by atoms with Crippen molar-refractivity contribution in [1.29, 1.82) is 0 Å². The average Bonchev–Trinajstić information content (AvgIpc) is 2.26. The summed E-state index contributed by atoms with van der Waals surface area (Å²) in [7, 11) is 0. The van der Waals surface area contributed by atoms with E-state index in [-0.39, 0.29) is 85.8 Å². The number of aliphatic hydroxyl groups excluding tert-OH is 1. The summed E-state index contributed by atoms with van der Waals surface area (Å²) in [5.41, 5.74) is -0.225. The molecule has 0 aromatic rings. The number of carboxylic acid groups (broad SMARTS) is 2. The molecule has 19 heavy (non-hydrogen) atoms. The largest absolute Gasteiger partial charge is 1.00 e. The molecule has 0 radical (unpaired) electrons. The first-order valence-corrected chi connectivity index (χ1v) is 5.48. The number of rotatable bonds is 4. The minimum Gasteiger partial charge on any atom is -1.00 e. The van der Waals surface area contributed by atoms with Crippen LogP contribution in [0.25, 0.3) is 0 Å². The molecule has 1 fully saturated rings. The Morgan fingerprint density at radius 3 is 2.00 bits per heavy atom. The van der Waals surface area contributed by atoms with Gasteiger partial charge in [0.05, 0.1) is 11.7 Å². The monoisotopic (exact) mass is 291 g/mol. The van der Waals surface area contributed by atoms with Crippen molar-refractivity contribution in [3.05, 3.63) is 11.1 Å². The number of piperidine rings is 1. The first kappa shape index (κ1) is 21.9. The van der Waals surface area contributed by atoms with Crippen LogP contribution in [0.3, 0.4) is 0 Å². The fraction of sp³-hybridized carbons (Fsp3) is 0.636. The first-order chi connectivity index (χ1) is 7.91. The molecule has 3 N–H and O–H groups in total. The third-order valence-corrected chi connectivity index (χ3v) is 2.97. The van der Waals surface area contributed by atoms with Crippen molar-refractivity contribution >= 4 is 11.9 Å². The van der Waals surface area contributed by atoms with Crippen LogP contribution in [0.15, 0.2) is 11.1 Å². The zero-order valence-electron chi connectivity index (χ0n) is 13.7. The molecule has 1 aliphatic heterocycles. The normalized spacial score (nSPS) is 17.8. The van der Waals surface area contributed by atoms with Gasteiger partial charge in [0.15, 0.2) is 0 Å². The van der Waals surface area contributed by atoms with E-state index in [1.165, 1.54) is 6.92 Å². The summed E-state index contributed by atoms with van der Waals surface area (Å²) in [4.78, 5) is 23.6. The summed E-state index contributed by atoms with van der Waals surface area (Å²) in [6.07, 6.45) is 0.863.